The standard InChI is InChI=1S/C12H15FN4/c1-8-4-5-10(17-16-7-6-14)11(12(8)13)9(2)15-3/h4-7,14-15,17H,2H2,1,3H3/b14-6?,16-7-. The Morgan fingerprint density at radius 3 is 2.82 bits per heavy atom. The van der Waals surface area contributed by atoms with Gasteiger partial charge in [-0.25, -0.2) is 4.39 Å². The van der Waals surface area contributed by atoms with Gasteiger partial charge in [-0.1, -0.05) is 12.6 Å². The Morgan fingerprint density at radius 1 is 1.53 bits per heavy atom. The van der Waals surface area contributed by atoms with Gasteiger partial charge in [0.2, 0.25) is 0 Å². The molecule has 90 valence electrons. The lowest BCUT2D eigenvalue weighted by Gasteiger charge is -2.13. The summed E-state index contributed by atoms with van der Waals surface area (Å²) >= 11 is 0. The van der Waals surface area contributed by atoms with Crippen LogP contribution in [0, 0.1) is 18.2 Å². The van der Waals surface area contributed by atoms with Gasteiger partial charge in [-0.3, -0.25) is 5.43 Å². The summed E-state index contributed by atoms with van der Waals surface area (Å²) in [5, 5.41) is 13.4. The molecule has 0 saturated heterocycles. The average molecular weight is 234 g/mol. The summed E-state index contributed by atoms with van der Waals surface area (Å²) in [6.45, 7) is 5.43. The van der Waals surface area contributed by atoms with Gasteiger partial charge in [-0.2, -0.15) is 5.10 Å². The third-order valence-corrected chi connectivity index (χ3v) is 2.27. The van der Waals surface area contributed by atoms with Crippen LogP contribution in [-0.2, 0) is 0 Å². The summed E-state index contributed by atoms with van der Waals surface area (Å²) in [6.07, 6.45) is 2.30. The van der Waals surface area contributed by atoms with Crippen molar-refractivity contribution in [2.24, 2.45) is 5.10 Å². The van der Waals surface area contributed by atoms with Crippen LogP contribution in [0.2, 0.25) is 0 Å². The fourth-order valence-electron chi connectivity index (χ4n) is 1.34. The van der Waals surface area contributed by atoms with E-state index in [-0.39, 0.29) is 5.82 Å². The normalized spacial score (nSPS) is 10.3. The Labute approximate surface area is 99.7 Å². The molecular weight excluding hydrogens is 219 g/mol. The van der Waals surface area contributed by atoms with Crippen molar-refractivity contribution in [1.29, 1.82) is 5.41 Å². The van der Waals surface area contributed by atoms with Crippen molar-refractivity contribution in [1.82, 2.24) is 5.32 Å². The van der Waals surface area contributed by atoms with Gasteiger partial charge in [0.15, 0.2) is 0 Å². The number of aryl methyl sites for hydroxylation is 1. The van der Waals surface area contributed by atoms with Crippen LogP contribution < -0.4 is 10.7 Å². The fourth-order valence-corrected chi connectivity index (χ4v) is 1.34. The van der Waals surface area contributed by atoms with Crippen molar-refractivity contribution in [2.45, 2.75) is 6.92 Å². The van der Waals surface area contributed by atoms with E-state index in [1.165, 1.54) is 6.21 Å². The minimum Gasteiger partial charge on any atom is -0.388 e. The number of benzene rings is 1. The zero-order valence-electron chi connectivity index (χ0n) is 9.84. The van der Waals surface area contributed by atoms with Gasteiger partial charge in [0.05, 0.1) is 17.5 Å². The van der Waals surface area contributed by atoms with Crippen LogP contribution >= 0.6 is 0 Å². The Hall–Kier alpha value is -2.17. The highest BCUT2D eigenvalue weighted by molar-refractivity contribution is 6.14. The molecule has 0 fully saturated rings. The molecule has 3 N–H and O–H groups in total. The molecule has 0 bridgehead atoms. The lowest BCUT2D eigenvalue weighted by Crippen LogP contribution is -2.08. The van der Waals surface area contributed by atoms with Crippen molar-refractivity contribution >= 4 is 23.8 Å². The van der Waals surface area contributed by atoms with E-state index in [2.05, 4.69) is 22.4 Å². The number of hydrazone groups is 1. The molecule has 0 atom stereocenters. The van der Waals surface area contributed by atoms with Gasteiger partial charge in [0.1, 0.15) is 5.82 Å². The van der Waals surface area contributed by atoms with Crippen LogP contribution in [0.3, 0.4) is 0 Å². The van der Waals surface area contributed by atoms with Crippen LogP contribution in [0.5, 0.6) is 0 Å². The first kappa shape index (κ1) is 12.9. The predicted molar refractivity (Wildman–Crippen MR) is 70.1 cm³/mol. The molecular formula is C12H15FN4. The molecule has 0 aliphatic carbocycles. The first-order valence-corrected chi connectivity index (χ1v) is 5.06. The average Bonchev–Trinajstić information content (AvgIpc) is 2.33. The minimum absolute atomic E-state index is 0.334. The monoisotopic (exact) mass is 234 g/mol. The molecule has 1 aromatic carbocycles. The van der Waals surface area contributed by atoms with Crippen molar-refractivity contribution in [2.75, 3.05) is 12.5 Å². The van der Waals surface area contributed by atoms with Crippen LogP contribution in [0.15, 0.2) is 23.8 Å². The number of hydrogen-bond acceptors (Lipinski definition) is 4. The zero-order valence-corrected chi connectivity index (χ0v) is 9.84. The summed E-state index contributed by atoms with van der Waals surface area (Å²) in [5.41, 5.74) is 4.55. The van der Waals surface area contributed by atoms with Gasteiger partial charge < -0.3 is 10.7 Å². The number of halogens is 1. The molecule has 4 nitrogen and oxygen atoms in total. The maximum Gasteiger partial charge on any atom is 0.137 e. The van der Waals surface area contributed by atoms with E-state index < -0.39 is 0 Å². The summed E-state index contributed by atoms with van der Waals surface area (Å²) in [4.78, 5) is 0. The molecule has 0 radical (unpaired) electrons. The van der Waals surface area contributed by atoms with Gasteiger partial charge in [-0.05, 0) is 18.6 Å². The second-order valence-corrected chi connectivity index (χ2v) is 3.40. The maximum atomic E-state index is 14.0. The lowest BCUT2D eigenvalue weighted by atomic mass is 10.1. The van der Waals surface area contributed by atoms with Crippen molar-refractivity contribution in [3.63, 3.8) is 0 Å². The maximum absolute atomic E-state index is 14.0. The highest BCUT2D eigenvalue weighted by Gasteiger charge is 2.13. The van der Waals surface area contributed by atoms with E-state index in [1.54, 1.807) is 26.1 Å². The van der Waals surface area contributed by atoms with Crippen LogP contribution in [0.1, 0.15) is 11.1 Å². The van der Waals surface area contributed by atoms with Crippen LogP contribution in [-0.4, -0.2) is 19.5 Å². The highest BCUT2D eigenvalue weighted by Crippen LogP contribution is 2.26. The number of rotatable bonds is 5. The van der Waals surface area contributed by atoms with Crippen LogP contribution in [0.25, 0.3) is 5.70 Å². The van der Waals surface area contributed by atoms with Crippen molar-refractivity contribution < 1.29 is 4.39 Å². The second kappa shape index (κ2) is 5.79. The van der Waals surface area contributed by atoms with Gasteiger partial charge in [0, 0.05) is 19.0 Å². The summed E-state index contributed by atoms with van der Waals surface area (Å²) in [7, 11) is 1.68. The Balaban J connectivity index is 3.20. The van der Waals surface area contributed by atoms with E-state index in [0.717, 1.165) is 6.21 Å². The molecule has 0 saturated carbocycles. The number of nitrogens with one attached hydrogen (secondary N) is 3. The molecule has 0 spiro atoms. The van der Waals surface area contributed by atoms with Crippen molar-refractivity contribution in [3.05, 3.63) is 35.7 Å². The summed E-state index contributed by atoms with van der Waals surface area (Å²) in [5.74, 6) is -0.334. The summed E-state index contributed by atoms with van der Waals surface area (Å²) < 4.78 is 14.0. The molecule has 17 heavy (non-hydrogen) atoms. The largest absolute Gasteiger partial charge is 0.388 e. The molecule has 0 unspecified atom stereocenters. The number of hydrogen-bond donors (Lipinski definition) is 3. The van der Waals surface area contributed by atoms with E-state index in [4.69, 9.17) is 5.41 Å². The summed E-state index contributed by atoms with van der Waals surface area (Å²) in [6, 6.07) is 3.38. The van der Waals surface area contributed by atoms with Gasteiger partial charge >= 0.3 is 0 Å². The van der Waals surface area contributed by atoms with E-state index in [1.807, 2.05) is 0 Å². The lowest BCUT2D eigenvalue weighted by molar-refractivity contribution is 0.614. The molecule has 1 aromatic rings. The smallest absolute Gasteiger partial charge is 0.137 e. The van der Waals surface area contributed by atoms with Crippen LogP contribution in [0.4, 0.5) is 10.1 Å². The molecule has 1 rings (SSSR count). The first-order chi connectivity index (χ1) is 8.11. The quantitative estimate of drug-likeness (QED) is 0.541. The Bertz CT molecular complexity index is 466. The molecule has 0 aliphatic heterocycles. The van der Waals surface area contributed by atoms with E-state index >= 15 is 0 Å². The first-order valence-electron chi connectivity index (χ1n) is 5.06. The predicted octanol–water partition coefficient (Wildman–Crippen LogP) is 2.37. The molecule has 0 aliphatic rings. The fraction of sp³-hybridized carbons (Fsp3) is 0.167. The number of anilines is 1. The van der Waals surface area contributed by atoms with E-state index in [0.29, 0.717) is 22.5 Å². The van der Waals surface area contributed by atoms with Gasteiger partial charge in [-0.15, -0.1) is 0 Å². The molecule has 0 amide bonds. The zero-order chi connectivity index (χ0) is 12.8. The van der Waals surface area contributed by atoms with Gasteiger partial charge in [0.25, 0.3) is 0 Å². The SMILES string of the molecule is C=C(NC)c1c(N/N=C\C=N)ccc(C)c1F. The van der Waals surface area contributed by atoms with E-state index in [9.17, 15) is 4.39 Å². The highest BCUT2D eigenvalue weighted by atomic mass is 19.1. The molecule has 0 heterocycles. The topological polar surface area (TPSA) is 60.3 Å². The third-order valence-electron chi connectivity index (χ3n) is 2.27. The van der Waals surface area contributed by atoms with Crippen molar-refractivity contribution in [3.8, 4) is 0 Å². The third kappa shape index (κ3) is 2.90. The number of nitrogens with zero attached hydrogens (tertiary/aromatic N) is 1. The Morgan fingerprint density at radius 2 is 2.24 bits per heavy atom. The minimum atomic E-state index is -0.334. The second-order valence-electron chi connectivity index (χ2n) is 3.40. The molecule has 5 heteroatoms. The Kier molecular flexibility index (Phi) is 4.39. The molecule has 0 aromatic heterocycles.